The van der Waals surface area contributed by atoms with Crippen LogP contribution in [0, 0.1) is 0 Å². The van der Waals surface area contributed by atoms with Gasteiger partial charge in [0.15, 0.2) is 5.90 Å². The lowest BCUT2D eigenvalue weighted by molar-refractivity contribution is -0.141. The Morgan fingerprint density at radius 2 is 2.03 bits per heavy atom. The maximum atomic E-state index is 13.6. The fourth-order valence-corrected chi connectivity index (χ4v) is 5.34. The van der Waals surface area contributed by atoms with Gasteiger partial charge in [0.05, 0.1) is 41.7 Å². The van der Waals surface area contributed by atoms with Crippen molar-refractivity contribution in [3.63, 3.8) is 0 Å². The van der Waals surface area contributed by atoms with Crippen LogP contribution >= 0.6 is 11.6 Å². The second-order valence-corrected chi connectivity index (χ2v) is 10.6. The molecule has 2 atom stereocenters. The molecule has 2 aromatic carbocycles. The summed E-state index contributed by atoms with van der Waals surface area (Å²) < 4.78 is 12.0. The monoisotopic (exact) mass is 517 g/mol. The quantitative estimate of drug-likeness (QED) is 0.390. The zero-order valence-corrected chi connectivity index (χ0v) is 21.5. The molecule has 0 radical (unpaired) electrons. The number of pyridine rings is 1. The van der Waals surface area contributed by atoms with E-state index in [-0.39, 0.29) is 18.6 Å². The number of halogens is 1. The molecule has 4 aromatic rings. The molecule has 2 N–H and O–H groups in total. The number of ether oxygens (including phenoxy) is 2. The number of hydrogen-bond donors (Lipinski definition) is 2. The topological polar surface area (TPSA) is 91.8 Å². The van der Waals surface area contributed by atoms with Gasteiger partial charge in [0, 0.05) is 28.5 Å². The van der Waals surface area contributed by atoms with Crippen molar-refractivity contribution in [3.8, 4) is 0 Å². The van der Waals surface area contributed by atoms with E-state index in [1.807, 2.05) is 44.2 Å². The summed E-state index contributed by atoms with van der Waals surface area (Å²) in [4.78, 5) is 28.1. The predicted molar refractivity (Wildman–Crippen MR) is 145 cm³/mol. The minimum Gasteiger partial charge on any atom is -0.477 e. The Bertz CT molecular complexity index is 1500. The number of carbonyl (C=O) groups is 1. The van der Waals surface area contributed by atoms with Crippen LogP contribution < -0.4 is 5.32 Å². The van der Waals surface area contributed by atoms with Gasteiger partial charge in [-0.1, -0.05) is 41.9 Å². The van der Waals surface area contributed by atoms with E-state index >= 15 is 0 Å². The zero-order chi connectivity index (χ0) is 25.6. The highest BCUT2D eigenvalue weighted by Gasteiger charge is 2.39. The number of aromatic amines is 1. The van der Waals surface area contributed by atoms with Gasteiger partial charge in [0.1, 0.15) is 18.7 Å². The number of benzene rings is 2. The van der Waals surface area contributed by atoms with Crippen LogP contribution in [0.3, 0.4) is 0 Å². The van der Waals surface area contributed by atoms with Gasteiger partial charge in [0.2, 0.25) is 5.91 Å². The molecule has 9 heteroatoms. The fraction of sp³-hybridized carbons (Fsp3) is 0.321. The third-order valence-corrected chi connectivity index (χ3v) is 7.14. The number of amides is 1. The Morgan fingerprint density at radius 3 is 2.86 bits per heavy atom. The number of aromatic nitrogens is 2. The lowest BCUT2D eigenvalue weighted by Gasteiger charge is -2.42. The van der Waals surface area contributed by atoms with Crippen molar-refractivity contribution in [2.75, 3.05) is 31.6 Å². The Kier molecular flexibility index (Phi) is 6.10. The van der Waals surface area contributed by atoms with Crippen LogP contribution in [-0.4, -0.2) is 64.6 Å². The number of hydrogen-bond acceptors (Lipinski definition) is 6. The highest BCUT2D eigenvalue weighted by Crippen LogP contribution is 2.34. The van der Waals surface area contributed by atoms with E-state index in [4.69, 9.17) is 26.1 Å². The number of H-pyrrole nitrogens is 1. The van der Waals surface area contributed by atoms with Gasteiger partial charge in [-0.05, 0) is 37.6 Å². The zero-order valence-electron chi connectivity index (χ0n) is 20.7. The largest absolute Gasteiger partial charge is 0.477 e. The number of nitrogens with zero attached hydrogens (tertiary/aromatic N) is 3. The summed E-state index contributed by atoms with van der Waals surface area (Å²) in [7, 11) is 0. The number of fused-ring (bicyclic) bond motifs is 3. The van der Waals surface area contributed by atoms with Crippen LogP contribution in [0.2, 0.25) is 5.02 Å². The van der Waals surface area contributed by atoms with Crippen LogP contribution in [0.25, 0.3) is 21.8 Å². The standard InChI is InChI=1S/C28H28ClN5O3/c1-28(2)16-34(13-25-31-23(14-36-25)17-6-4-3-5-7-17)24(15-37-28)27(35)33-21-11-18(29)10-20-19-8-9-30-12-22(19)32-26(20)21/h3-12,23-24,32H,13-16H2,1-2H3,(H,33,35)/t23-,24+/m1/s1. The third kappa shape index (κ3) is 4.80. The molecule has 1 fully saturated rings. The van der Waals surface area contributed by atoms with Crippen molar-refractivity contribution in [2.24, 2.45) is 4.99 Å². The molecular weight excluding hydrogens is 490 g/mol. The van der Waals surface area contributed by atoms with E-state index in [1.54, 1.807) is 18.5 Å². The number of morpholine rings is 1. The molecule has 2 aliphatic rings. The van der Waals surface area contributed by atoms with Crippen molar-refractivity contribution in [3.05, 3.63) is 71.5 Å². The number of nitrogens with one attached hydrogen (secondary N) is 2. The summed E-state index contributed by atoms with van der Waals surface area (Å²) in [6.45, 7) is 5.80. The molecule has 0 spiro atoms. The van der Waals surface area contributed by atoms with Crippen LogP contribution in [0.4, 0.5) is 5.69 Å². The van der Waals surface area contributed by atoms with Gasteiger partial charge >= 0.3 is 0 Å². The minimum atomic E-state index is -0.518. The second kappa shape index (κ2) is 9.45. The Balaban J connectivity index is 1.25. The van der Waals surface area contributed by atoms with E-state index in [1.165, 1.54) is 0 Å². The molecule has 0 aliphatic carbocycles. The average molecular weight is 518 g/mol. The maximum Gasteiger partial charge on any atom is 0.244 e. The Labute approximate surface area is 219 Å². The summed E-state index contributed by atoms with van der Waals surface area (Å²) in [5.74, 6) is 0.465. The van der Waals surface area contributed by atoms with E-state index in [2.05, 4.69) is 32.3 Å². The highest BCUT2D eigenvalue weighted by molar-refractivity contribution is 6.33. The van der Waals surface area contributed by atoms with E-state index in [9.17, 15) is 4.79 Å². The first kappa shape index (κ1) is 23.9. The first-order chi connectivity index (χ1) is 17.9. The number of rotatable bonds is 5. The van der Waals surface area contributed by atoms with Gasteiger partial charge in [-0.25, -0.2) is 4.99 Å². The molecule has 0 bridgehead atoms. The van der Waals surface area contributed by atoms with E-state index < -0.39 is 11.6 Å². The molecule has 6 rings (SSSR count). The summed E-state index contributed by atoms with van der Waals surface area (Å²) in [5, 5.41) is 5.56. The van der Waals surface area contributed by atoms with Crippen LogP contribution in [0.1, 0.15) is 25.5 Å². The lowest BCUT2D eigenvalue weighted by atomic mass is 10.0. The van der Waals surface area contributed by atoms with Gasteiger partial charge in [-0.15, -0.1) is 0 Å². The predicted octanol–water partition coefficient (Wildman–Crippen LogP) is 4.96. The minimum absolute atomic E-state index is 0.0335. The summed E-state index contributed by atoms with van der Waals surface area (Å²) in [6.07, 6.45) is 3.50. The second-order valence-electron chi connectivity index (χ2n) is 10.2. The summed E-state index contributed by atoms with van der Waals surface area (Å²) in [6, 6.07) is 15.1. The molecule has 8 nitrogen and oxygen atoms in total. The molecular formula is C28H28ClN5O3. The van der Waals surface area contributed by atoms with Gasteiger partial charge in [-0.2, -0.15) is 0 Å². The first-order valence-electron chi connectivity index (χ1n) is 12.3. The molecule has 37 heavy (non-hydrogen) atoms. The fourth-order valence-electron chi connectivity index (χ4n) is 5.12. The summed E-state index contributed by atoms with van der Waals surface area (Å²) in [5.41, 5.74) is 3.02. The number of aliphatic imine (C=N–C) groups is 1. The van der Waals surface area contributed by atoms with Crippen LogP contribution in [0.15, 0.2) is 65.9 Å². The molecule has 0 unspecified atom stereocenters. The van der Waals surface area contributed by atoms with Gasteiger partial charge in [0.25, 0.3) is 0 Å². The van der Waals surface area contributed by atoms with Crippen molar-refractivity contribution in [1.82, 2.24) is 14.9 Å². The molecule has 0 saturated carbocycles. The van der Waals surface area contributed by atoms with Crippen LogP contribution in [0.5, 0.6) is 0 Å². The van der Waals surface area contributed by atoms with E-state index in [0.717, 1.165) is 27.4 Å². The van der Waals surface area contributed by atoms with Gasteiger partial charge in [-0.3, -0.25) is 14.7 Å². The van der Waals surface area contributed by atoms with Crippen molar-refractivity contribution < 1.29 is 14.3 Å². The molecule has 2 aromatic heterocycles. The van der Waals surface area contributed by atoms with Crippen molar-refractivity contribution in [1.29, 1.82) is 0 Å². The number of anilines is 1. The Hall–Kier alpha value is -3.46. The van der Waals surface area contributed by atoms with Crippen molar-refractivity contribution >= 4 is 50.9 Å². The Morgan fingerprint density at radius 1 is 1.19 bits per heavy atom. The average Bonchev–Trinajstić information content (AvgIpc) is 3.49. The normalized spacial score (nSPS) is 21.6. The molecule has 1 saturated heterocycles. The first-order valence-corrected chi connectivity index (χ1v) is 12.7. The molecule has 1 amide bonds. The lowest BCUT2D eigenvalue weighted by Crippen LogP contribution is -2.59. The van der Waals surface area contributed by atoms with E-state index in [0.29, 0.717) is 36.3 Å². The number of carbonyl (C=O) groups excluding carboxylic acids is 1. The van der Waals surface area contributed by atoms with Crippen molar-refractivity contribution in [2.45, 2.75) is 31.5 Å². The maximum absolute atomic E-state index is 13.6. The molecule has 190 valence electrons. The summed E-state index contributed by atoms with van der Waals surface area (Å²) >= 11 is 6.45. The van der Waals surface area contributed by atoms with Gasteiger partial charge < -0.3 is 19.8 Å². The molecule has 4 heterocycles. The third-order valence-electron chi connectivity index (χ3n) is 6.92. The van der Waals surface area contributed by atoms with Crippen LogP contribution in [-0.2, 0) is 14.3 Å². The SMILES string of the molecule is CC1(C)CN(CC2=N[C@@H](c3ccccc3)CO2)[C@H](C(=O)Nc2cc(Cl)cc3c2[nH]c2cnccc23)CO1. The molecule has 2 aliphatic heterocycles. The smallest absolute Gasteiger partial charge is 0.244 e. The highest BCUT2D eigenvalue weighted by atomic mass is 35.5.